The van der Waals surface area contributed by atoms with Gasteiger partial charge in [0.1, 0.15) is 5.75 Å². The summed E-state index contributed by atoms with van der Waals surface area (Å²) in [6, 6.07) is 21.6. The van der Waals surface area contributed by atoms with Gasteiger partial charge in [0.05, 0.1) is 7.11 Å². The van der Waals surface area contributed by atoms with Gasteiger partial charge in [-0.25, -0.2) is 0 Å². The summed E-state index contributed by atoms with van der Waals surface area (Å²) in [6.45, 7) is 3.98. The number of nitrogens with one attached hydrogen (secondary N) is 2. The Labute approximate surface area is 187 Å². The third-order valence-corrected chi connectivity index (χ3v) is 5.54. The van der Waals surface area contributed by atoms with E-state index in [0.717, 1.165) is 28.0 Å². The summed E-state index contributed by atoms with van der Waals surface area (Å²) < 4.78 is 7.07. The summed E-state index contributed by atoms with van der Waals surface area (Å²) >= 11 is 0. The first-order valence-corrected chi connectivity index (χ1v) is 10.5. The van der Waals surface area contributed by atoms with Crippen LogP contribution in [0.5, 0.6) is 5.75 Å². The maximum absolute atomic E-state index is 13.0. The molecule has 2 N–H and O–H groups in total. The second kappa shape index (κ2) is 9.06. The number of aryl methyl sites for hydroxylation is 2. The Hall–Kier alpha value is -3.93. The number of benzene rings is 3. The van der Waals surface area contributed by atoms with Gasteiger partial charge in [-0.2, -0.15) is 0 Å². The molecule has 1 aliphatic heterocycles. The molecule has 162 valence electrons. The first-order chi connectivity index (χ1) is 15.4. The molecule has 0 aliphatic carbocycles. The molecular formula is C26H26N3O3+. The summed E-state index contributed by atoms with van der Waals surface area (Å²) in [7, 11) is 1.61. The summed E-state index contributed by atoms with van der Waals surface area (Å²) in [5.74, 6) is 0.168. The molecule has 1 fully saturated rings. The smallest absolute Gasteiger partial charge is 0.304 e. The van der Waals surface area contributed by atoms with Crippen LogP contribution in [0.1, 0.15) is 38.7 Å². The van der Waals surface area contributed by atoms with E-state index in [1.807, 2.05) is 80.7 Å². The number of hydrogen-bond acceptors (Lipinski definition) is 3. The Balaban J connectivity index is 1.70. The van der Waals surface area contributed by atoms with Crippen LogP contribution in [0.2, 0.25) is 0 Å². The molecule has 1 aliphatic rings. The Bertz CT molecular complexity index is 1170. The van der Waals surface area contributed by atoms with Crippen molar-refractivity contribution in [3.05, 3.63) is 101 Å². The number of rotatable bonds is 5. The molecule has 0 radical (unpaired) electrons. The van der Waals surface area contributed by atoms with Gasteiger partial charge in [0, 0.05) is 16.7 Å². The van der Waals surface area contributed by atoms with Crippen LogP contribution in [0.3, 0.4) is 0 Å². The minimum absolute atomic E-state index is 0.268. The van der Waals surface area contributed by atoms with E-state index in [1.165, 1.54) is 0 Å². The average molecular weight is 429 g/mol. The average Bonchev–Trinajstić information content (AvgIpc) is 3.09. The normalized spacial score (nSPS) is 19.0. The van der Waals surface area contributed by atoms with E-state index in [-0.39, 0.29) is 11.8 Å². The minimum atomic E-state index is -0.756. The summed E-state index contributed by atoms with van der Waals surface area (Å²) in [5, 5.41) is 2.93. The SMILES string of the molecule is COc1cccc(/C=[N+]2\NC(=O)[C@H](NC(=O)c3ccc(C)cc3)[C@@H]2c2ccc(C)cc2)c1. The van der Waals surface area contributed by atoms with Crippen LogP contribution in [0, 0.1) is 13.8 Å². The maximum Gasteiger partial charge on any atom is 0.304 e. The van der Waals surface area contributed by atoms with E-state index < -0.39 is 12.1 Å². The lowest BCUT2D eigenvalue weighted by Gasteiger charge is -2.15. The van der Waals surface area contributed by atoms with Crippen molar-refractivity contribution in [1.29, 1.82) is 0 Å². The van der Waals surface area contributed by atoms with Crippen molar-refractivity contribution in [2.24, 2.45) is 0 Å². The lowest BCUT2D eigenvalue weighted by Crippen LogP contribution is -2.42. The van der Waals surface area contributed by atoms with Crippen molar-refractivity contribution in [3.63, 3.8) is 0 Å². The predicted octanol–water partition coefficient (Wildman–Crippen LogP) is 3.33. The van der Waals surface area contributed by atoms with Gasteiger partial charge in [0.25, 0.3) is 5.91 Å². The van der Waals surface area contributed by atoms with Crippen LogP contribution in [-0.4, -0.2) is 35.9 Å². The number of amides is 2. The van der Waals surface area contributed by atoms with Crippen LogP contribution in [0.25, 0.3) is 0 Å². The molecule has 0 bridgehead atoms. The van der Waals surface area contributed by atoms with Gasteiger partial charge in [0.2, 0.25) is 12.3 Å². The van der Waals surface area contributed by atoms with Gasteiger partial charge in [-0.3, -0.25) is 9.59 Å². The zero-order valence-electron chi connectivity index (χ0n) is 18.3. The third-order valence-electron chi connectivity index (χ3n) is 5.54. The fourth-order valence-electron chi connectivity index (χ4n) is 3.76. The van der Waals surface area contributed by atoms with Crippen LogP contribution < -0.4 is 15.5 Å². The lowest BCUT2D eigenvalue weighted by molar-refractivity contribution is -0.596. The topological polar surface area (TPSA) is 70.4 Å². The molecule has 3 aromatic rings. The van der Waals surface area contributed by atoms with Crippen LogP contribution in [-0.2, 0) is 4.79 Å². The molecule has 3 aromatic carbocycles. The van der Waals surface area contributed by atoms with Crippen molar-refractivity contribution >= 4 is 18.0 Å². The molecule has 0 unspecified atom stereocenters. The van der Waals surface area contributed by atoms with Crippen LogP contribution in [0.4, 0.5) is 0 Å². The number of hydrogen-bond donors (Lipinski definition) is 2. The minimum Gasteiger partial charge on any atom is -0.497 e. The van der Waals surface area contributed by atoms with E-state index >= 15 is 0 Å². The zero-order chi connectivity index (χ0) is 22.7. The molecule has 6 heteroatoms. The highest BCUT2D eigenvalue weighted by Crippen LogP contribution is 2.26. The fourth-order valence-corrected chi connectivity index (χ4v) is 3.76. The number of ether oxygens (including phenoxy) is 1. The van der Waals surface area contributed by atoms with Gasteiger partial charge in [0.15, 0.2) is 6.04 Å². The summed E-state index contributed by atoms with van der Waals surface area (Å²) in [4.78, 5) is 25.9. The number of carbonyl (C=O) groups excluding carboxylic acids is 2. The number of hydrazine groups is 1. The van der Waals surface area contributed by atoms with Gasteiger partial charge < -0.3 is 10.1 Å². The number of nitrogens with zero attached hydrogens (tertiary/aromatic N) is 1. The van der Waals surface area contributed by atoms with Crippen molar-refractivity contribution in [3.8, 4) is 5.75 Å². The maximum atomic E-state index is 13.0. The molecule has 6 nitrogen and oxygen atoms in total. The molecule has 32 heavy (non-hydrogen) atoms. The Morgan fingerprint density at radius 3 is 2.31 bits per heavy atom. The van der Waals surface area contributed by atoms with Gasteiger partial charge in [-0.05, 0) is 44.2 Å². The van der Waals surface area contributed by atoms with E-state index in [9.17, 15) is 9.59 Å². The Morgan fingerprint density at radius 2 is 1.66 bits per heavy atom. The fraction of sp³-hybridized carbons (Fsp3) is 0.192. The molecular weight excluding hydrogens is 402 g/mol. The van der Waals surface area contributed by atoms with Crippen molar-refractivity contribution in [2.45, 2.75) is 25.9 Å². The van der Waals surface area contributed by atoms with E-state index in [4.69, 9.17) is 4.74 Å². The molecule has 1 saturated heterocycles. The van der Waals surface area contributed by atoms with Gasteiger partial charge in [-0.1, -0.05) is 53.6 Å². The predicted molar refractivity (Wildman–Crippen MR) is 123 cm³/mol. The zero-order valence-corrected chi connectivity index (χ0v) is 18.3. The number of hydrazone groups is 1. The molecule has 2 atom stereocenters. The van der Waals surface area contributed by atoms with Crippen molar-refractivity contribution in [2.75, 3.05) is 7.11 Å². The lowest BCUT2D eigenvalue weighted by atomic mass is 9.98. The molecule has 0 aromatic heterocycles. The highest BCUT2D eigenvalue weighted by molar-refractivity contribution is 5.98. The second-order valence-electron chi connectivity index (χ2n) is 7.96. The highest BCUT2D eigenvalue weighted by atomic mass is 16.5. The standard InChI is InChI=1S/C26H25N3O3/c1-17-7-11-20(12-8-17)24-23(27-25(30)21-13-9-18(2)10-14-21)26(31)28-29(24)16-19-5-4-6-22(15-19)32-3/h4-16,23-24H,1-3H3,(H-,27,28,30,31)/p+1/b29-16-/t23-,24+/m1/s1. The first-order valence-electron chi connectivity index (χ1n) is 10.5. The summed E-state index contributed by atoms with van der Waals surface area (Å²) in [5.41, 5.74) is 7.39. The second-order valence-corrected chi connectivity index (χ2v) is 7.96. The van der Waals surface area contributed by atoms with Gasteiger partial charge >= 0.3 is 5.91 Å². The molecule has 1 heterocycles. The monoisotopic (exact) mass is 428 g/mol. The molecule has 0 saturated carbocycles. The van der Waals surface area contributed by atoms with E-state index in [1.54, 1.807) is 23.9 Å². The van der Waals surface area contributed by atoms with E-state index in [2.05, 4.69) is 10.7 Å². The van der Waals surface area contributed by atoms with Crippen LogP contribution >= 0.6 is 0 Å². The molecule has 4 rings (SSSR count). The quantitative estimate of drug-likeness (QED) is 0.613. The number of methoxy groups -OCH3 is 1. The third kappa shape index (κ3) is 4.54. The highest BCUT2D eigenvalue weighted by Gasteiger charge is 2.47. The summed E-state index contributed by atoms with van der Waals surface area (Å²) in [6.07, 6.45) is 1.85. The first kappa shape index (κ1) is 21.3. The largest absolute Gasteiger partial charge is 0.497 e. The number of carbonyl (C=O) groups is 2. The van der Waals surface area contributed by atoms with Crippen LogP contribution in [0.15, 0.2) is 72.8 Å². The van der Waals surface area contributed by atoms with Crippen molar-refractivity contribution < 1.29 is 19.0 Å². The van der Waals surface area contributed by atoms with Gasteiger partial charge in [-0.15, -0.1) is 10.1 Å². The Morgan fingerprint density at radius 1 is 1.00 bits per heavy atom. The van der Waals surface area contributed by atoms with Crippen molar-refractivity contribution in [1.82, 2.24) is 10.7 Å². The van der Waals surface area contributed by atoms with E-state index in [0.29, 0.717) is 5.56 Å². The Kier molecular flexibility index (Phi) is 6.03. The molecule has 2 amide bonds. The molecule has 0 spiro atoms.